The number of hydrogen-bond acceptors (Lipinski definition) is 2. The van der Waals surface area contributed by atoms with Gasteiger partial charge in [0.2, 0.25) is 0 Å². The van der Waals surface area contributed by atoms with Crippen LogP contribution in [0.15, 0.2) is 24.3 Å². The van der Waals surface area contributed by atoms with E-state index in [9.17, 15) is 0 Å². The van der Waals surface area contributed by atoms with Gasteiger partial charge in [-0.1, -0.05) is 44.9 Å². The Morgan fingerprint density at radius 3 is 2.42 bits per heavy atom. The van der Waals surface area contributed by atoms with Crippen molar-refractivity contribution < 1.29 is 4.74 Å². The molecule has 1 saturated heterocycles. The van der Waals surface area contributed by atoms with Gasteiger partial charge >= 0.3 is 0 Å². The molecule has 1 heterocycles. The van der Waals surface area contributed by atoms with E-state index in [1.807, 2.05) is 13.8 Å². The molecule has 1 aromatic carbocycles. The van der Waals surface area contributed by atoms with Crippen LogP contribution in [0.2, 0.25) is 0 Å². The third-order valence-electron chi connectivity index (χ3n) is 3.60. The Bertz CT molecular complexity index is 347. The van der Waals surface area contributed by atoms with Crippen molar-refractivity contribution in [3.05, 3.63) is 29.8 Å². The molecule has 0 N–H and O–H groups in total. The Morgan fingerprint density at radius 1 is 1.21 bits per heavy atom. The molecular formula is C17H29NO. The van der Waals surface area contributed by atoms with E-state index in [2.05, 4.69) is 50.1 Å². The molecule has 2 unspecified atom stereocenters. The van der Waals surface area contributed by atoms with Crippen molar-refractivity contribution in [2.45, 2.75) is 59.1 Å². The first-order chi connectivity index (χ1) is 9.19. The Morgan fingerprint density at radius 2 is 1.84 bits per heavy atom. The van der Waals surface area contributed by atoms with Crippen LogP contribution in [0.3, 0.4) is 0 Å². The van der Waals surface area contributed by atoms with E-state index in [1.165, 1.54) is 18.4 Å². The standard InChI is InChI=1S/C15H23NO.C2H6/c1-4-5-13-10-15(11-16(13)3)17-14-8-6-12(2)7-9-14;1-2/h6-9,13,15H,4-5,10-11H2,1-3H3;1-2H3. The number of rotatable bonds is 4. The van der Waals surface area contributed by atoms with Crippen LogP contribution < -0.4 is 4.74 Å². The summed E-state index contributed by atoms with van der Waals surface area (Å²) < 4.78 is 6.04. The van der Waals surface area contributed by atoms with Crippen LogP contribution in [0, 0.1) is 6.92 Å². The maximum Gasteiger partial charge on any atom is 0.119 e. The van der Waals surface area contributed by atoms with Crippen LogP contribution in [-0.4, -0.2) is 30.6 Å². The highest BCUT2D eigenvalue weighted by atomic mass is 16.5. The first-order valence-electron chi connectivity index (χ1n) is 7.62. The molecule has 1 fully saturated rings. The first-order valence-corrected chi connectivity index (χ1v) is 7.62. The fraction of sp³-hybridized carbons (Fsp3) is 0.647. The summed E-state index contributed by atoms with van der Waals surface area (Å²) in [7, 11) is 2.21. The van der Waals surface area contributed by atoms with Gasteiger partial charge < -0.3 is 4.74 Å². The molecule has 1 aliphatic heterocycles. The summed E-state index contributed by atoms with van der Waals surface area (Å²) >= 11 is 0. The molecule has 2 rings (SSSR count). The Kier molecular flexibility index (Phi) is 6.93. The number of hydrogen-bond donors (Lipinski definition) is 0. The van der Waals surface area contributed by atoms with Gasteiger partial charge in [-0.15, -0.1) is 0 Å². The molecule has 19 heavy (non-hydrogen) atoms. The average Bonchev–Trinajstić information content (AvgIpc) is 2.76. The second-order valence-electron chi connectivity index (χ2n) is 5.17. The van der Waals surface area contributed by atoms with E-state index in [4.69, 9.17) is 4.74 Å². The Hall–Kier alpha value is -1.02. The van der Waals surface area contributed by atoms with Crippen LogP contribution in [0.1, 0.15) is 45.6 Å². The molecule has 108 valence electrons. The topological polar surface area (TPSA) is 12.5 Å². The molecule has 2 heteroatoms. The van der Waals surface area contributed by atoms with Crippen molar-refractivity contribution in [2.75, 3.05) is 13.6 Å². The molecular weight excluding hydrogens is 234 g/mol. The zero-order chi connectivity index (χ0) is 14.3. The van der Waals surface area contributed by atoms with Gasteiger partial charge in [-0.25, -0.2) is 0 Å². The van der Waals surface area contributed by atoms with Crippen molar-refractivity contribution in [1.82, 2.24) is 4.90 Å². The third kappa shape index (κ3) is 4.87. The van der Waals surface area contributed by atoms with Gasteiger partial charge in [-0.05, 0) is 32.5 Å². The van der Waals surface area contributed by atoms with E-state index in [0.717, 1.165) is 18.7 Å². The summed E-state index contributed by atoms with van der Waals surface area (Å²) in [6, 6.07) is 9.07. The van der Waals surface area contributed by atoms with Crippen molar-refractivity contribution in [2.24, 2.45) is 0 Å². The summed E-state index contributed by atoms with van der Waals surface area (Å²) in [4.78, 5) is 2.43. The normalized spacial score (nSPS) is 22.8. The van der Waals surface area contributed by atoms with Gasteiger partial charge in [0.15, 0.2) is 0 Å². The minimum absolute atomic E-state index is 0.360. The van der Waals surface area contributed by atoms with Gasteiger partial charge in [-0.3, -0.25) is 4.90 Å². The van der Waals surface area contributed by atoms with Crippen LogP contribution in [0.5, 0.6) is 5.75 Å². The minimum Gasteiger partial charge on any atom is -0.489 e. The van der Waals surface area contributed by atoms with Gasteiger partial charge in [0.1, 0.15) is 11.9 Å². The monoisotopic (exact) mass is 263 g/mol. The highest BCUT2D eigenvalue weighted by Crippen LogP contribution is 2.24. The summed E-state index contributed by atoms with van der Waals surface area (Å²) in [6.45, 7) is 9.41. The van der Waals surface area contributed by atoms with Gasteiger partial charge in [0.25, 0.3) is 0 Å². The lowest BCUT2D eigenvalue weighted by Crippen LogP contribution is -2.25. The van der Waals surface area contributed by atoms with Crippen LogP contribution in [-0.2, 0) is 0 Å². The Balaban J connectivity index is 0.000000861. The van der Waals surface area contributed by atoms with Gasteiger partial charge in [0, 0.05) is 19.0 Å². The third-order valence-corrected chi connectivity index (χ3v) is 3.60. The number of likely N-dealkylation sites (N-methyl/N-ethyl adjacent to an activating group) is 1. The van der Waals surface area contributed by atoms with E-state index in [1.54, 1.807) is 0 Å². The maximum absolute atomic E-state index is 6.04. The zero-order valence-electron chi connectivity index (χ0n) is 13.1. The second-order valence-corrected chi connectivity index (χ2v) is 5.17. The molecule has 1 aliphatic rings. The molecule has 0 amide bonds. The fourth-order valence-corrected chi connectivity index (χ4v) is 2.59. The smallest absolute Gasteiger partial charge is 0.119 e. The van der Waals surface area contributed by atoms with Crippen molar-refractivity contribution in [3.63, 3.8) is 0 Å². The van der Waals surface area contributed by atoms with Crippen molar-refractivity contribution in [3.8, 4) is 5.75 Å². The van der Waals surface area contributed by atoms with Crippen molar-refractivity contribution in [1.29, 1.82) is 0 Å². The summed E-state index contributed by atoms with van der Waals surface area (Å²) in [5.74, 6) is 1.01. The summed E-state index contributed by atoms with van der Waals surface area (Å²) in [5, 5.41) is 0. The highest BCUT2D eigenvalue weighted by molar-refractivity contribution is 5.26. The van der Waals surface area contributed by atoms with E-state index in [-0.39, 0.29) is 0 Å². The molecule has 0 aromatic heterocycles. The zero-order valence-corrected chi connectivity index (χ0v) is 13.1. The Labute approximate surface area is 118 Å². The number of ether oxygens (including phenoxy) is 1. The van der Waals surface area contributed by atoms with E-state index >= 15 is 0 Å². The molecule has 0 aliphatic carbocycles. The fourth-order valence-electron chi connectivity index (χ4n) is 2.59. The highest BCUT2D eigenvalue weighted by Gasteiger charge is 2.29. The maximum atomic E-state index is 6.04. The molecule has 1 aromatic rings. The lowest BCUT2D eigenvalue weighted by molar-refractivity contribution is 0.208. The van der Waals surface area contributed by atoms with E-state index in [0.29, 0.717) is 12.1 Å². The number of aryl methyl sites for hydroxylation is 1. The number of likely N-dealkylation sites (tertiary alicyclic amines) is 1. The minimum atomic E-state index is 0.360. The van der Waals surface area contributed by atoms with Crippen LogP contribution in [0.4, 0.5) is 0 Å². The van der Waals surface area contributed by atoms with Gasteiger partial charge in [0.05, 0.1) is 0 Å². The lowest BCUT2D eigenvalue weighted by Gasteiger charge is -2.16. The van der Waals surface area contributed by atoms with E-state index < -0.39 is 0 Å². The second kappa shape index (κ2) is 8.21. The van der Waals surface area contributed by atoms with Gasteiger partial charge in [-0.2, -0.15) is 0 Å². The molecule has 0 saturated carbocycles. The molecule has 0 bridgehead atoms. The quantitative estimate of drug-likeness (QED) is 0.804. The molecule has 2 nitrogen and oxygen atoms in total. The number of benzene rings is 1. The average molecular weight is 263 g/mol. The van der Waals surface area contributed by atoms with Crippen molar-refractivity contribution >= 4 is 0 Å². The predicted octanol–water partition coefficient (Wildman–Crippen LogP) is 4.27. The molecule has 0 spiro atoms. The predicted molar refractivity (Wildman–Crippen MR) is 82.9 cm³/mol. The molecule has 0 radical (unpaired) electrons. The first kappa shape index (κ1) is 16.0. The summed E-state index contributed by atoms with van der Waals surface area (Å²) in [6.07, 6.45) is 4.06. The SMILES string of the molecule is CC.CCCC1CC(Oc2ccc(C)cc2)CN1C. The van der Waals surface area contributed by atoms with Crippen LogP contribution in [0.25, 0.3) is 0 Å². The summed E-state index contributed by atoms with van der Waals surface area (Å²) in [5.41, 5.74) is 1.28. The van der Waals surface area contributed by atoms with Crippen LogP contribution >= 0.6 is 0 Å². The largest absolute Gasteiger partial charge is 0.489 e. The number of nitrogens with zero attached hydrogens (tertiary/aromatic N) is 1. The molecule has 2 atom stereocenters. The lowest BCUT2D eigenvalue weighted by atomic mass is 10.1.